The normalized spacial score (nSPS) is 10.8. The smallest absolute Gasteiger partial charge is 0.256 e. The minimum atomic E-state index is -0.158. The Balaban J connectivity index is 1.59. The monoisotopic (exact) mass is 323 g/mol. The molecule has 0 radical (unpaired) electrons. The van der Waals surface area contributed by atoms with Crippen molar-refractivity contribution in [3.63, 3.8) is 0 Å². The van der Waals surface area contributed by atoms with Crippen molar-refractivity contribution < 1.29 is 9.53 Å². The molecule has 0 saturated carbocycles. The van der Waals surface area contributed by atoms with Crippen LogP contribution in [0.3, 0.4) is 0 Å². The van der Waals surface area contributed by atoms with Gasteiger partial charge in [-0.15, -0.1) is 0 Å². The molecule has 0 fully saturated rings. The highest BCUT2D eigenvalue weighted by atomic mass is 16.5. The fraction of sp³-hybridized carbons (Fsp3) is 0.263. The lowest BCUT2D eigenvalue weighted by Crippen LogP contribution is -2.26. The van der Waals surface area contributed by atoms with E-state index in [2.05, 4.69) is 46.1 Å². The first-order valence-electron chi connectivity index (χ1n) is 8.03. The summed E-state index contributed by atoms with van der Waals surface area (Å²) < 4.78 is 7.40. The lowest BCUT2D eigenvalue weighted by atomic mass is 10.2. The van der Waals surface area contributed by atoms with Crippen LogP contribution in [0.2, 0.25) is 0 Å². The van der Waals surface area contributed by atoms with Crippen molar-refractivity contribution in [1.29, 1.82) is 0 Å². The largest absolute Gasteiger partial charge is 0.480 e. The number of fused-ring (bicyclic) bond motifs is 1. The van der Waals surface area contributed by atoms with Gasteiger partial charge in [-0.1, -0.05) is 18.2 Å². The molecule has 24 heavy (non-hydrogen) atoms. The third-order valence-corrected chi connectivity index (χ3v) is 4.07. The summed E-state index contributed by atoms with van der Waals surface area (Å²) in [5.41, 5.74) is 2.93. The molecule has 1 aromatic carbocycles. The molecule has 5 nitrogen and oxygen atoms in total. The fourth-order valence-electron chi connectivity index (χ4n) is 2.91. The number of carbonyl (C=O) groups is 1. The van der Waals surface area contributed by atoms with Crippen molar-refractivity contribution in [3.8, 4) is 5.88 Å². The van der Waals surface area contributed by atoms with E-state index < -0.39 is 0 Å². The van der Waals surface area contributed by atoms with Gasteiger partial charge in [-0.2, -0.15) is 0 Å². The number of amides is 1. The molecule has 3 rings (SSSR count). The van der Waals surface area contributed by atoms with Crippen molar-refractivity contribution in [2.45, 2.75) is 19.9 Å². The molecule has 124 valence electrons. The summed E-state index contributed by atoms with van der Waals surface area (Å²) in [7, 11) is 1.51. The number of aryl methyl sites for hydroxylation is 2. The van der Waals surface area contributed by atoms with E-state index >= 15 is 0 Å². The first-order chi connectivity index (χ1) is 11.7. The highest BCUT2D eigenvalue weighted by Gasteiger charge is 2.12. The maximum Gasteiger partial charge on any atom is 0.256 e. The van der Waals surface area contributed by atoms with Crippen LogP contribution in [0.5, 0.6) is 5.88 Å². The Kier molecular flexibility index (Phi) is 4.79. The molecule has 1 amide bonds. The van der Waals surface area contributed by atoms with Gasteiger partial charge in [-0.25, -0.2) is 4.98 Å². The van der Waals surface area contributed by atoms with Gasteiger partial charge in [0.15, 0.2) is 0 Å². The molecule has 0 aliphatic heterocycles. The molecule has 0 spiro atoms. The average molecular weight is 323 g/mol. The molecule has 2 aromatic heterocycles. The molecule has 0 bridgehead atoms. The second kappa shape index (κ2) is 7.17. The highest BCUT2D eigenvalue weighted by molar-refractivity contribution is 5.96. The van der Waals surface area contributed by atoms with Crippen LogP contribution in [0.25, 0.3) is 10.9 Å². The topological polar surface area (TPSA) is 56.1 Å². The average Bonchev–Trinajstić information content (AvgIpc) is 2.93. The van der Waals surface area contributed by atoms with E-state index in [0.29, 0.717) is 18.0 Å². The van der Waals surface area contributed by atoms with E-state index in [1.807, 2.05) is 6.07 Å². The Morgan fingerprint density at radius 2 is 2.08 bits per heavy atom. The van der Waals surface area contributed by atoms with Crippen molar-refractivity contribution in [3.05, 3.63) is 59.9 Å². The lowest BCUT2D eigenvalue weighted by molar-refractivity contribution is 0.0949. The van der Waals surface area contributed by atoms with Crippen LogP contribution in [0.1, 0.15) is 22.5 Å². The number of hydrogen-bond acceptors (Lipinski definition) is 3. The zero-order valence-corrected chi connectivity index (χ0v) is 14.0. The summed E-state index contributed by atoms with van der Waals surface area (Å²) in [6, 6.07) is 14.0. The predicted octanol–water partition coefficient (Wildman–Crippen LogP) is 3.17. The number of benzene rings is 1. The lowest BCUT2D eigenvalue weighted by Gasteiger charge is -2.10. The van der Waals surface area contributed by atoms with E-state index in [0.717, 1.165) is 13.0 Å². The molecule has 0 aliphatic rings. The Hall–Kier alpha value is -2.82. The van der Waals surface area contributed by atoms with Gasteiger partial charge in [0.1, 0.15) is 5.56 Å². The molecule has 0 unspecified atom stereocenters. The number of para-hydroxylation sites is 1. The Labute approximate surface area is 141 Å². The number of nitrogens with one attached hydrogen (secondary N) is 1. The molecule has 1 N–H and O–H groups in total. The van der Waals surface area contributed by atoms with Crippen LogP contribution in [0.15, 0.2) is 48.7 Å². The van der Waals surface area contributed by atoms with Crippen LogP contribution in [-0.4, -0.2) is 29.1 Å². The Bertz CT molecular complexity index is 855. The molecule has 0 atom stereocenters. The van der Waals surface area contributed by atoms with E-state index in [1.165, 1.54) is 23.7 Å². The summed E-state index contributed by atoms with van der Waals surface area (Å²) in [5, 5.41) is 4.18. The van der Waals surface area contributed by atoms with Crippen molar-refractivity contribution in [1.82, 2.24) is 14.9 Å². The second-order valence-corrected chi connectivity index (χ2v) is 5.67. The van der Waals surface area contributed by atoms with E-state index in [-0.39, 0.29) is 5.91 Å². The van der Waals surface area contributed by atoms with Gasteiger partial charge >= 0.3 is 0 Å². The van der Waals surface area contributed by atoms with Gasteiger partial charge in [-0.3, -0.25) is 4.79 Å². The standard InChI is InChI=1S/C19H21N3O2/c1-14-13-15-7-3-4-9-17(15)22(14)12-6-11-20-18(23)16-8-5-10-21-19(16)24-2/h3-5,7-10,13H,6,11-12H2,1-2H3,(H,20,23). The van der Waals surface area contributed by atoms with Gasteiger partial charge in [0, 0.05) is 30.5 Å². The third kappa shape index (κ3) is 3.25. The Morgan fingerprint density at radius 3 is 2.92 bits per heavy atom. The number of methoxy groups -OCH3 is 1. The molecule has 0 aliphatic carbocycles. The number of nitrogens with zero attached hydrogens (tertiary/aromatic N) is 2. The highest BCUT2D eigenvalue weighted by Crippen LogP contribution is 2.19. The van der Waals surface area contributed by atoms with Crippen LogP contribution in [0.4, 0.5) is 0 Å². The van der Waals surface area contributed by atoms with Gasteiger partial charge in [0.2, 0.25) is 5.88 Å². The first-order valence-corrected chi connectivity index (χ1v) is 8.03. The van der Waals surface area contributed by atoms with E-state index in [4.69, 9.17) is 4.74 Å². The third-order valence-electron chi connectivity index (χ3n) is 4.07. The summed E-state index contributed by atoms with van der Waals surface area (Å²) >= 11 is 0. The number of hydrogen-bond donors (Lipinski definition) is 1. The number of ether oxygens (including phenoxy) is 1. The van der Waals surface area contributed by atoms with E-state index in [9.17, 15) is 4.79 Å². The quantitative estimate of drug-likeness (QED) is 0.709. The molecular formula is C19H21N3O2. The molecule has 3 aromatic rings. The minimum absolute atomic E-state index is 0.158. The molecule has 0 saturated heterocycles. The van der Waals surface area contributed by atoms with Gasteiger partial charge in [-0.05, 0) is 43.0 Å². The maximum absolute atomic E-state index is 12.2. The van der Waals surface area contributed by atoms with Gasteiger partial charge < -0.3 is 14.6 Å². The molecule has 2 heterocycles. The number of aromatic nitrogens is 2. The van der Waals surface area contributed by atoms with Crippen LogP contribution in [0, 0.1) is 6.92 Å². The number of rotatable bonds is 6. The summed E-state index contributed by atoms with van der Waals surface area (Å²) in [4.78, 5) is 16.3. The van der Waals surface area contributed by atoms with Crippen LogP contribution < -0.4 is 10.1 Å². The maximum atomic E-state index is 12.2. The molecule has 5 heteroatoms. The fourth-order valence-corrected chi connectivity index (χ4v) is 2.91. The summed E-state index contributed by atoms with van der Waals surface area (Å²) in [6.45, 7) is 3.58. The zero-order chi connectivity index (χ0) is 16.9. The second-order valence-electron chi connectivity index (χ2n) is 5.67. The SMILES string of the molecule is COc1ncccc1C(=O)NCCCn1c(C)cc2ccccc21. The van der Waals surface area contributed by atoms with Crippen molar-refractivity contribution in [2.75, 3.05) is 13.7 Å². The number of pyridine rings is 1. The first kappa shape index (κ1) is 16.1. The van der Waals surface area contributed by atoms with Crippen LogP contribution >= 0.6 is 0 Å². The van der Waals surface area contributed by atoms with Gasteiger partial charge in [0.05, 0.1) is 7.11 Å². The minimum Gasteiger partial charge on any atom is -0.480 e. The van der Waals surface area contributed by atoms with Crippen molar-refractivity contribution in [2.24, 2.45) is 0 Å². The summed E-state index contributed by atoms with van der Waals surface area (Å²) in [5.74, 6) is 0.191. The Morgan fingerprint density at radius 1 is 1.25 bits per heavy atom. The predicted molar refractivity (Wildman–Crippen MR) is 94.4 cm³/mol. The zero-order valence-electron chi connectivity index (χ0n) is 14.0. The van der Waals surface area contributed by atoms with Crippen LogP contribution in [-0.2, 0) is 6.54 Å². The van der Waals surface area contributed by atoms with Gasteiger partial charge in [0.25, 0.3) is 5.91 Å². The summed E-state index contributed by atoms with van der Waals surface area (Å²) in [6.07, 6.45) is 2.46. The van der Waals surface area contributed by atoms with E-state index in [1.54, 1.807) is 18.3 Å². The molecular weight excluding hydrogens is 302 g/mol. The number of carbonyl (C=O) groups excluding carboxylic acids is 1. The van der Waals surface area contributed by atoms with Crippen molar-refractivity contribution >= 4 is 16.8 Å².